The Morgan fingerprint density at radius 1 is 1.70 bits per heavy atom. The molecule has 0 aromatic heterocycles. The van der Waals surface area contributed by atoms with Gasteiger partial charge < -0.3 is 5.11 Å². The molecule has 1 rings (SSSR count). The second kappa shape index (κ2) is 2.97. The van der Waals surface area contributed by atoms with E-state index in [9.17, 15) is 4.39 Å². The van der Waals surface area contributed by atoms with Crippen LogP contribution < -0.4 is 0 Å². The summed E-state index contributed by atoms with van der Waals surface area (Å²) in [6, 6.07) is 0. The van der Waals surface area contributed by atoms with Gasteiger partial charge in [-0.25, -0.2) is 4.39 Å². The van der Waals surface area contributed by atoms with Gasteiger partial charge in [-0.05, 0) is 25.3 Å². The van der Waals surface area contributed by atoms with Crippen molar-refractivity contribution in [3.63, 3.8) is 0 Å². The summed E-state index contributed by atoms with van der Waals surface area (Å²) >= 11 is 0. The number of aliphatic hydroxyl groups is 1. The summed E-state index contributed by atoms with van der Waals surface area (Å²) in [5, 5.41) is 8.64. The normalized spacial score (nSPS) is 19.3. The van der Waals surface area contributed by atoms with Crippen LogP contribution >= 0.6 is 0 Å². The summed E-state index contributed by atoms with van der Waals surface area (Å²) in [5.74, 6) is -0.214. The van der Waals surface area contributed by atoms with Crippen molar-refractivity contribution in [2.45, 2.75) is 19.8 Å². The Kier molecular flexibility index (Phi) is 2.22. The van der Waals surface area contributed by atoms with Gasteiger partial charge in [-0.3, -0.25) is 0 Å². The van der Waals surface area contributed by atoms with Crippen molar-refractivity contribution < 1.29 is 9.50 Å². The zero-order valence-corrected chi connectivity index (χ0v) is 6.02. The van der Waals surface area contributed by atoms with E-state index in [0.29, 0.717) is 5.57 Å². The predicted molar refractivity (Wildman–Crippen MR) is 38.2 cm³/mol. The minimum absolute atomic E-state index is 0.177. The molecule has 0 unspecified atom stereocenters. The van der Waals surface area contributed by atoms with Crippen LogP contribution in [0.4, 0.5) is 4.39 Å². The molecular formula is C8H11FO. The maximum atomic E-state index is 12.9. The minimum atomic E-state index is -0.214. The highest BCUT2D eigenvalue weighted by Gasteiger charge is 2.10. The van der Waals surface area contributed by atoms with Crippen molar-refractivity contribution in [3.8, 4) is 0 Å². The van der Waals surface area contributed by atoms with Crippen LogP contribution in [0.2, 0.25) is 0 Å². The maximum absolute atomic E-state index is 12.9. The van der Waals surface area contributed by atoms with Gasteiger partial charge in [0.1, 0.15) is 5.83 Å². The molecule has 0 saturated carbocycles. The molecule has 1 aliphatic carbocycles. The van der Waals surface area contributed by atoms with Crippen LogP contribution in [0, 0.1) is 0 Å². The molecule has 0 aliphatic heterocycles. The van der Waals surface area contributed by atoms with E-state index in [4.69, 9.17) is 5.11 Å². The molecule has 0 aromatic rings. The van der Waals surface area contributed by atoms with Crippen LogP contribution in [-0.4, -0.2) is 11.7 Å². The first kappa shape index (κ1) is 7.48. The zero-order valence-electron chi connectivity index (χ0n) is 6.02. The third kappa shape index (κ3) is 1.27. The number of rotatable bonds is 1. The van der Waals surface area contributed by atoms with E-state index in [0.717, 1.165) is 18.4 Å². The second-order valence-electron chi connectivity index (χ2n) is 2.52. The second-order valence-corrected chi connectivity index (χ2v) is 2.52. The van der Waals surface area contributed by atoms with Gasteiger partial charge >= 0.3 is 0 Å². The standard InChI is InChI=1S/C8H11FO/c1-6-3-2-4-7(5-10)8(6)9/h4,10H,2-3,5H2,1H3. The van der Waals surface area contributed by atoms with Crippen LogP contribution in [0.15, 0.2) is 23.0 Å². The molecule has 0 aromatic carbocycles. The monoisotopic (exact) mass is 142 g/mol. The van der Waals surface area contributed by atoms with Gasteiger partial charge in [-0.1, -0.05) is 6.08 Å². The summed E-state index contributed by atoms with van der Waals surface area (Å²) in [6.45, 7) is 1.58. The fourth-order valence-electron chi connectivity index (χ4n) is 1.07. The van der Waals surface area contributed by atoms with E-state index in [1.165, 1.54) is 0 Å². The lowest BCUT2D eigenvalue weighted by atomic mass is 10.00. The molecule has 0 atom stereocenters. The SMILES string of the molecule is CC1=C(F)C(CO)=CCC1. The first-order chi connectivity index (χ1) is 4.75. The molecule has 10 heavy (non-hydrogen) atoms. The number of hydrogen-bond acceptors (Lipinski definition) is 1. The third-order valence-electron chi connectivity index (χ3n) is 1.74. The molecule has 1 aliphatic rings. The van der Waals surface area contributed by atoms with Gasteiger partial charge in [0.2, 0.25) is 0 Å². The lowest BCUT2D eigenvalue weighted by Gasteiger charge is -2.10. The van der Waals surface area contributed by atoms with E-state index in [1.54, 1.807) is 13.0 Å². The highest BCUT2D eigenvalue weighted by atomic mass is 19.1. The van der Waals surface area contributed by atoms with Crippen molar-refractivity contribution in [2.24, 2.45) is 0 Å². The number of allylic oxidation sites excluding steroid dienone is 2. The first-order valence-corrected chi connectivity index (χ1v) is 3.41. The van der Waals surface area contributed by atoms with Crippen molar-refractivity contribution in [3.05, 3.63) is 23.0 Å². The van der Waals surface area contributed by atoms with Crippen LogP contribution in [-0.2, 0) is 0 Å². The Hall–Kier alpha value is -0.630. The zero-order chi connectivity index (χ0) is 7.56. The predicted octanol–water partition coefficient (Wildman–Crippen LogP) is 1.94. The Morgan fingerprint density at radius 2 is 2.40 bits per heavy atom. The van der Waals surface area contributed by atoms with Crippen molar-refractivity contribution >= 4 is 0 Å². The summed E-state index contributed by atoms with van der Waals surface area (Å²) in [7, 11) is 0. The van der Waals surface area contributed by atoms with Gasteiger partial charge in [-0.15, -0.1) is 0 Å². The van der Waals surface area contributed by atoms with E-state index in [-0.39, 0.29) is 12.4 Å². The van der Waals surface area contributed by atoms with Crippen molar-refractivity contribution in [2.75, 3.05) is 6.61 Å². The van der Waals surface area contributed by atoms with E-state index < -0.39 is 0 Å². The fourth-order valence-corrected chi connectivity index (χ4v) is 1.07. The largest absolute Gasteiger partial charge is 0.392 e. The van der Waals surface area contributed by atoms with Gasteiger partial charge in [0.15, 0.2) is 0 Å². The molecule has 0 spiro atoms. The lowest BCUT2D eigenvalue weighted by Crippen LogP contribution is -1.99. The summed E-state index contributed by atoms with van der Waals surface area (Å²) < 4.78 is 12.9. The minimum Gasteiger partial charge on any atom is -0.392 e. The summed E-state index contributed by atoms with van der Waals surface area (Å²) in [4.78, 5) is 0. The van der Waals surface area contributed by atoms with E-state index in [2.05, 4.69) is 0 Å². The Bertz CT molecular complexity index is 191. The molecular weight excluding hydrogens is 131 g/mol. The van der Waals surface area contributed by atoms with Crippen LogP contribution in [0.1, 0.15) is 19.8 Å². The van der Waals surface area contributed by atoms with Gasteiger partial charge in [0.25, 0.3) is 0 Å². The van der Waals surface area contributed by atoms with Crippen LogP contribution in [0.5, 0.6) is 0 Å². The third-order valence-corrected chi connectivity index (χ3v) is 1.74. The highest BCUT2D eigenvalue weighted by Crippen LogP contribution is 2.24. The fraction of sp³-hybridized carbons (Fsp3) is 0.500. The molecule has 1 nitrogen and oxygen atoms in total. The van der Waals surface area contributed by atoms with E-state index >= 15 is 0 Å². The summed E-state index contributed by atoms with van der Waals surface area (Å²) in [6.07, 6.45) is 3.40. The van der Waals surface area contributed by atoms with Gasteiger partial charge in [0, 0.05) is 5.57 Å². The smallest absolute Gasteiger partial charge is 0.127 e. The average Bonchev–Trinajstić information content (AvgIpc) is 1.95. The van der Waals surface area contributed by atoms with E-state index in [1.807, 2.05) is 0 Å². The molecule has 0 amide bonds. The molecule has 1 N–H and O–H groups in total. The van der Waals surface area contributed by atoms with Crippen molar-refractivity contribution in [1.29, 1.82) is 0 Å². The maximum Gasteiger partial charge on any atom is 0.127 e. The Morgan fingerprint density at radius 3 is 2.90 bits per heavy atom. The molecule has 56 valence electrons. The lowest BCUT2D eigenvalue weighted by molar-refractivity contribution is 0.326. The summed E-state index contributed by atoms with van der Waals surface area (Å²) in [5.41, 5.74) is 1.20. The molecule has 0 fully saturated rings. The number of hydrogen-bond donors (Lipinski definition) is 1. The number of halogens is 1. The molecule has 0 bridgehead atoms. The Balaban J connectivity index is 2.83. The Labute approximate surface area is 59.9 Å². The van der Waals surface area contributed by atoms with Crippen LogP contribution in [0.3, 0.4) is 0 Å². The molecule has 0 heterocycles. The van der Waals surface area contributed by atoms with Crippen molar-refractivity contribution in [1.82, 2.24) is 0 Å². The quantitative estimate of drug-likeness (QED) is 0.593. The molecule has 0 radical (unpaired) electrons. The average molecular weight is 142 g/mol. The first-order valence-electron chi connectivity index (χ1n) is 3.41. The van der Waals surface area contributed by atoms with Gasteiger partial charge in [-0.2, -0.15) is 0 Å². The topological polar surface area (TPSA) is 20.2 Å². The molecule has 0 saturated heterocycles. The van der Waals surface area contributed by atoms with Crippen LogP contribution in [0.25, 0.3) is 0 Å². The highest BCUT2D eigenvalue weighted by molar-refractivity contribution is 5.32. The molecule has 2 heteroatoms. The number of aliphatic hydroxyl groups excluding tert-OH is 1. The van der Waals surface area contributed by atoms with Gasteiger partial charge in [0.05, 0.1) is 6.61 Å².